The largest absolute Gasteiger partial charge is 0.480 e. The number of aromatic nitrogens is 1. The summed E-state index contributed by atoms with van der Waals surface area (Å²) in [4.78, 5) is 13.9. The van der Waals surface area contributed by atoms with E-state index in [2.05, 4.69) is 9.71 Å². The van der Waals surface area contributed by atoms with Crippen LogP contribution in [-0.2, 0) is 14.8 Å². The molecular formula is C7H8N2O4S. The van der Waals surface area contributed by atoms with Crippen LogP contribution in [0.2, 0.25) is 0 Å². The van der Waals surface area contributed by atoms with Crippen molar-refractivity contribution < 1.29 is 18.3 Å². The summed E-state index contributed by atoms with van der Waals surface area (Å²) in [6.07, 6.45) is 2.80. The Hall–Kier alpha value is -1.63. The molecule has 0 atom stereocenters. The van der Waals surface area contributed by atoms with Crippen LogP contribution in [-0.4, -0.2) is 30.2 Å². The van der Waals surface area contributed by atoms with Crippen molar-refractivity contribution in [3.8, 4) is 0 Å². The molecule has 0 unspecified atom stereocenters. The average molecular weight is 216 g/mol. The Kier molecular flexibility index (Phi) is 3.03. The zero-order valence-corrected chi connectivity index (χ0v) is 7.86. The molecule has 0 saturated carbocycles. The monoisotopic (exact) mass is 216 g/mol. The molecule has 14 heavy (non-hydrogen) atoms. The van der Waals surface area contributed by atoms with Crippen molar-refractivity contribution in [1.29, 1.82) is 0 Å². The van der Waals surface area contributed by atoms with E-state index >= 15 is 0 Å². The quantitative estimate of drug-likeness (QED) is 0.733. The van der Waals surface area contributed by atoms with Gasteiger partial charge in [0, 0.05) is 12.4 Å². The van der Waals surface area contributed by atoms with Crippen LogP contribution < -0.4 is 4.72 Å². The summed E-state index contributed by atoms with van der Waals surface area (Å²) < 4.78 is 24.3. The fourth-order valence-electron chi connectivity index (χ4n) is 0.798. The van der Waals surface area contributed by atoms with Gasteiger partial charge in [-0.25, -0.2) is 8.42 Å². The summed E-state index contributed by atoms with van der Waals surface area (Å²) in [6.45, 7) is 0. The van der Waals surface area contributed by atoms with Crippen LogP contribution in [0.4, 0.5) is 5.69 Å². The number of anilines is 1. The maximum absolute atomic E-state index is 11.1. The fourth-order valence-corrected chi connectivity index (χ4v) is 1.69. The molecule has 0 saturated heterocycles. The zero-order valence-electron chi connectivity index (χ0n) is 7.04. The predicted octanol–water partition coefficient (Wildman–Crippen LogP) is -0.0921. The molecule has 1 aromatic heterocycles. The van der Waals surface area contributed by atoms with Gasteiger partial charge in [-0.1, -0.05) is 0 Å². The lowest BCUT2D eigenvalue weighted by Crippen LogP contribution is -2.22. The molecule has 0 radical (unpaired) electrons. The maximum Gasteiger partial charge on any atom is 0.320 e. The Labute approximate surface area is 80.6 Å². The Morgan fingerprint density at radius 2 is 2.00 bits per heavy atom. The summed E-state index contributed by atoms with van der Waals surface area (Å²) in [5, 5.41) is 8.30. The van der Waals surface area contributed by atoms with Crippen molar-refractivity contribution >= 4 is 21.7 Å². The number of carboxylic acid groups (broad SMARTS) is 1. The van der Waals surface area contributed by atoms with Crippen LogP contribution in [0.3, 0.4) is 0 Å². The van der Waals surface area contributed by atoms with Crippen LogP contribution in [0.5, 0.6) is 0 Å². The zero-order chi connectivity index (χ0) is 10.6. The van der Waals surface area contributed by atoms with E-state index in [4.69, 9.17) is 5.11 Å². The minimum Gasteiger partial charge on any atom is -0.480 e. The molecule has 0 aliphatic rings. The van der Waals surface area contributed by atoms with E-state index in [1.807, 2.05) is 0 Å². The molecule has 7 heteroatoms. The molecule has 2 N–H and O–H groups in total. The van der Waals surface area contributed by atoms with Gasteiger partial charge in [0.05, 0.1) is 5.69 Å². The molecule has 0 aliphatic heterocycles. The van der Waals surface area contributed by atoms with Crippen LogP contribution in [0.15, 0.2) is 24.5 Å². The Balaban J connectivity index is 2.74. The first-order valence-corrected chi connectivity index (χ1v) is 5.27. The fraction of sp³-hybridized carbons (Fsp3) is 0.143. The van der Waals surface area contributed by atoms with Crippen molar-refractivity contribution in [1.82, 2.24) is 4.98 Å². The highest BCUT2D eigenvalue weighted by molar-refractivity contribution is 7.93. The van der Waals surface area contributed by atoms with E-state index in [9.17, 15) is 13.2 Å². The van der Waals surface area contributed by atoms with Gasteiger partial charge >= 0.3 is 5.97 Å². The third kappa shape index (κ3) is 3.40. The first-order valence-electron chi connectivity index (χ1n) is 3.62. The second-order valence-corrected chi connectivity index (χ2v) is 4.21. The van der Waals surface area contributed by atoms with E-state index in [1.165, 1.54) is 24.5 Å². The molecule has 0 aliphatic carbocycles. The first kappa shape index (κ1) is 10.5. The lowest BCUT2D eigenvalue weighted by molar-refractivity contribution is -0.134. The molecule has 1 aromatic rings. The van der Waals surface area contributed by atoms with Crippen LogP contribution in [0, 0.1) is 0 Å². The Morgan fingerprint density at radius 1 is 1.43 bits per heavy atom. The van der Waals surface area contributed by atoms with Gasteiger partial charge in [-0.05, 0) is 12.1 Å². The van der Waals surface area contributed by atoms with Gasteiger partial charge in [0.15, 0.2) is 5.75 Å². The second-order valence-electron chi connectivity index (χ2n) is 2.49. The lowest BCUT2D eigenvalue weighted by atomic mass is 10.4. The third-order valence-corrected chi connectivity index (χ3v) is 2.44. The van der Waals surface area contributed by atoms with Crippen LogP contribution in [0.1, 0.15) is 0 Å². The standard InChI is InChI=1S/C7H8N2O4S/c10-7(11)5-14(12,13)9-6-1-3-8-4-2-6/h1-4H,5H2,(H,8,9)(H,10,11). The van der Waals surface area contributed by atoms with Crippen molar-refractivity contribution in [2.75, 3.05) is 10.5 Å². The number of sulfonamides is 1. The van der Waals surface area contributed by atoms with Gasteiger partial charge in [-0.2, -0.15) is 0 Å². The number of carbonyl (C=O) groups is 1. The second kappa shape index (κ2) is 4.05. The van der Waals surface area contributed by atoms with Gasteiger partial charge in [0.2, 0.25) is 10.0 Å². The number of carboxylic acids is 1. The molecule has 6 nitrogen and oxygen atoms in total. The van der Waals surface area contributed by atoms with Gasteiger partial charge in [0.1, 0.15) is 0 Å². The molecule has 0 fully saturated rings. The molecule has 0 spiro atoms. The summed E-state index contributed by atoms with van der Waals surface area (Å²) in [5.74, 6) is -2.35. The molecule has 1 heterocycles. The number of nitrogens with zero attached hydrogens (tertiary/aromatic N) is 1. The molecule has 0 bridgehead atoms. The van der Waals surface area contributed by atoms with Gasteiger partial charge in [-0.15, -0.1) is 0 Å². The summed E-state index contributed by atoms with van der Waals surface area (Å²) in [6, 6.07) is 2.86. The van der Waals surface area contributed by atoms with E-state index in [0.717, 1.165) is 0 Å². The van der Waals surface area contributed by atoms with Crippen molar-refractivity contribution in [2.45, 2.75) is 0 Å². The SMILES string of the molecule is O=C(O)CS(=O)(=O)Nc1ccncc1. The summed E-state index contributed by atoms with van der Waals surface area (Å²) in [5.41, 5.74) is 0.293. The first-order chi connectivity index (χ1) is 6.49. The number of hydrogen-bond donors (Lipinski definition) is 2. The molecular weight excluding hydrogens is 208 g/mol. The van der Waals surface area contributed by atoms with Crippen molar-refractivity contribution in [3.05, 3.63) is 24.5 Å². The smallest absolute Gasteiger partial charge is 0.320 e. The van der Waals surface area contributed by atoms with Crippen LogP contribution >= 0.6 is 0 Å². The number of aliphatic carboxylic acids is 1. The third-order valence-electron chi connectivity index (χ3n) is 1.27. The highest BCUT2D eigenvalue weighted by Gasteiger charge is 2.14. The number of pyridine rings is 1. The molecule has 76 valence electrons. The van der Waals surface area contributed by atoms with Gasteiger partial charge < -0.3 is 5.11 Å². The topological polar surface area (TPSA) is 96.4 Å². The molecule has 0 aromatic carbocycles. The van der Waals surface area contributed by atoms with Crippen molar-refractivity contribution in [2.24, 2.45) is 0 Å². The van der Waals surface area contributed by atoms with Gasteiger partial charge in [-0.3, -0.25) is 14.5 Å². The minimum atomic E-state index is -3.81. The Bertz CT molecular complexity index is 415. The van der Waals surface area contributed by atoms with E-state index in [0.29, 0.717) is 5.69 Å². The lowest BCUT2D eigenvalue weighted by Gasteiger charge is -2.04. The average Bonchev–Trinajstić information content (AvgIpc) is 2.02. The predicted molar refractivity (Wildman–Crippen MR) is 49.3 cm³/mol. The highest BCUT2D eigenvalue weighted by Crippen LogP contribution is 2.06. The van der Waals surface area contributed by atoms with E-state index < -0.39 is 21.7 Å². The number of hydrogen-bond acceptors (Lipinski definition) is 4. The normalized spacial score (nSPS) is 10.9. The Morgan fingerprint density at radius 3 is 2.50 bits per heavy atom. The number of rotatable bonds is 4. The van der Waals surface area contributed by atoms with Gasteiger partial charge in [0.25, 0.3) is 0 Å². The van der Waals surface area contributed by atoms with Crippen LogP contribution in [0.25, 0.3) is 0 Å². The minimum absolute atomic E-state index is 0.293. The summed E-state index contributed by atoms with van der Waals surface area (Å²) >= 11 is 0. The molecule has 1 rings (SSSR count). The van der Waals surface area contributed by atoms with Crippen molar-refractivity contribution in [3.63, 3.8) is 0 Å². The van der Waals surface area contributed by atoms with E-state index in [1.54, 1.807) is 0 Å². The highest BCUT2D eigenvalue weighted by atomic mass is 32.2. The van der Waals surface area contributed by atoms with E-state index in [-0.39, 0.29) is 0 Å². The molecule has 0 amide bonds. The number of nitrogens with one attached hydrogen (secondary N) is 1. The maximum atomic E-state index is 11.1. The summed E-state index contributed by atoms with van der Waals surface area (Å²) in [7, 11) is -3.81.